The summed E-state index contributed by atoms with van der Waals surface area (Å²) in [5.41, 5.74) is 2.67. The number of alkyl halides is 2. The van der Waals surface area contributed by atoms with E-state index in [1.807, 2.05) is 11.6 Å². The second-order valence-electron chi connectivity index (χ2n) is 8.34. The number of rotatable bonds is 7. The van der Waals surface area contributed by atoms with E-state index in [2.05, 4.69) is 9.97 Å². The number of carbonyl (C=O) groups excluding carboxylic acids is 3. The van der Waals surface area contributed by atoms with Gasteiger partial charge in [0.15, 0.2) is 11.6 Å². The SMILES string of the molecule is Cn1cnc2cc(C(=O)Cc3cnccc3C(=O)CCC(=O)N3CC(F)(F)C[C@H]3C#N)ccc21. The highest BCUT2D eigenvalue weighted by atomic mass is 19.3. The normalized spacial score (nSPS) is 17.0. The van der Waals surface area contributed by atoms with E-state index in [9.17, 15) is 23.2 Å². The molecule has 4 rings (SSSR count). The van der Waals surface area contributed by atoms with E-state index in [-0.39, 0.29) is 30.6 Å². The first-order valence-corrected chi connectivity index (χ1v) is 10.7. The van der Waals surface area contributed by atoms with Crippen LogP contribution in [0.1, 0.15) is 45.5 Å². The first-order valence-electron chi connectivity index (χ1n) is 10.7. The maximum Gasteiger partial charge on any atom is 0.268 e. The van der Waals surface area contributed by atoms with Crippen molar-refractivity contribution in [2.75, 3.05) is 6.54 Å². The van der Waals surface area contributed by atoms with Crippen molar-refractivity contribution in [3.05, 3.63) is 59.7 Å². The van der Waals surface area contributed by atoms with Crippen molar-refractivity contribution < 1.29 is 23.2 Å². The number of ketones is 2. The fourth-order valence-corrected chi connectivity index (χ4v) is 4.12. The number of aromatic nitrogens is 3. The highest BCUT2D eigenvalue weighted by molar-refractivity contribution is 6.03. The Labute approximate surface area is 193 Å². The Kier molecular flexibility index (Phi) is 6.20. The molecular formula is C24H21F2N5O3. The minimum atomic E-state index is -3.11. The summed E-state index contributed by atoms with van der Waals surface area (Å²) < 4.78 is 29.0. The summed E-state index contributed by atoms with van der Waals surface area (Å²) in [4.78, 5) is 47.2. The molecule has 1 atom stereocenters. The average Bonchev–Trinajstić information content (AvgIpc) is 3.35. The molecule has 0 N–H and O–H groups in total. The monoisotopic (exact) mass is 465 g/mol. The van der Waals surface area contributed by atoms with Crippen LogP contribution in [0.4, 0.5) is 8.78 Å². The number of pyridine rings is 1. The van der Waals surface area contributed by atoms with Gasteiger partial charge in [-0.05, 0) is 29.8 Å². The molecule has 0 saturated carbocycles. The van der Waals surface area contributed by atoms with E-state index in [0.29, 0.717) is 16.6 Å². The van der Waals surface area contributed by atoms with E-state index < -0.39 is 36.6 Å². The topological polar surface area (TPSA) is 109 Å². The van der Waals surface area contributed by atoms with Gasteiger partial charge in [0.1, 0.15) is 6.04 Å². The van der Waals surface area contributed by atoms with Crippen LogP contribution in [0.5, 0.6) is 0 Å². The molecule has 3 heterocycles. The van der Waals surface area contributed by atoms with Gasteiger partial charge in [0.2, 0.25) is 5.91 Å². The van der Waals surface area contributed by atoms with Crippen molar-refractivity contribution in [1.29, 1.82) is 5.26 Å². The van der Waals surface area contributed by atoms with Crippen molar-refractivity contribution in [2.45, 2.75) is 37.6 Å². The molecule has 0 aliphatic carbocycles. The molecule has 3 aromatic rings. The van der Waals surface area contributed by atoms with Crippen LogP contribution in [-0.4, -0.2) is 55.4 Å². The van der Waals surface area contributed by atoms with Gasteiger partial charge >= 0.3 is 0 Å². The van der Waals surface area contributed by atoms with Gasteiger partial charge in [0.05, 0.1) is 30.0 Å². The van der Waals surface area contributed by atoms with E-state index in [0.717, 1.165) is 10.4 Å². The van der Waals surface area contributed by atoms with Crippen LogP contribution in [0.3, 0.4) is 0 Å². The summed E-state index contributed by atoms with van der Waals surface area (Å²) in [6.45, 7) is -0.826. The second-order valence-corrected chi connectivity index (χ2v) is 8.34. The molecular weight excluding hydrogens is 444 g/mol. The van der Waals surface area contributed by atoms with Crippen molar-refractivity contribution in [1.82, 2.24) is 19.4 Å². The lowest BCUT2D eigenvalue weighted by Gasteiger charge is -2.19. The van der Waals surface area contributed by atoms with Gasteiger partial charge in [0, 0.05) is 56.3 Å². The second kappa shape index (κ2) is 9.09. The average molecular weight is 465 g/mol. The number of hydrogen-bond acceptors (Lipinski definition) is 6. The van der Waals surface area contributed by atoms with Crippen LogP contribution in [0.25, 0.3) is 11.0 Å². The maximum atomic E-state index is 13.6. The number of fused-ring (bicyclic) bond motifs is 1. The van der Waals surface area contributed by atoms with Gasteiger partial charge in [-0.3, -0.25) is 19.4 Å². The Morgan fingerprint density at radius 2 is 2.00 bits per heavy atom. The van der Waals surface area contributed by atoms with Gasteiger partial charge in [-0.1, -0.05) is 0 Å². The fourth-order valence-electron chi connectivity index (χ4n) is 4.12. The number of Topliss-reactive ketones (excluding diaryl/α,β-unsaturated/α-hetero) is 2. The number of imidazole rings is 1. The zero-order chi connectivity index (χ0) is 24.5. The number of nitrogens with zero attached hydrogens (tertiary/aromatic N) is 5. The summed E-state index contributed by atoms with van der Waals surface area (Å²) in [6.07, 6.45) is 3.18. The van der Waals surface area contributed by atoms with Crippen LogP contribution in [0, 0.1) is 11.3 Å². The molecule has 1 aliphatic rings. The third-order valence-electron chi connectivity index (χ3n) is 5.91. The third kappa shape index (κ3) is 4.69. The molecule has 8 nitrogen and oxygen atoms in total. The highest BCUT2D eigenvalue weighted by Crippen LogP contribution is 2.32. The standard InChI is InChI=1S/C24H21F2N5O3/c1-30-14-29-19-8-15(2-3-20(19)30)22(33)9-16-12-28-7-6-18(16)21(32)4-5-23(34)31-13-24(25,26)10-17(31)11-27/h2-3,6-8,12,14,17H,4-5,9-10,13H2,1H3/t17-/m0/s1. The highest BCUT2D eigenvalue weighted by Gasteiger charge is 2.47. The molecule has 0 spiro atoms. The molecule has 1 amide bonds. The largest absolute Gasteiger partial charge is 0.334 e. The Bertz CT molecular complexity index is 1330. The zero-order valence-electron chi connectivity index (χ0n) is 18.4. The van der Waals surface area contributed by atoms with Crippen LogP contribution < -0.4 is 0 Å². The van der Waals surface area contributed by atoms with E-state index in [1.54, 1.807) is 30.6 Å². The first-order chi connectivity index (χ1) is 16.2. The number of aryl methyl sites for hydroxylation is 1. The molecule has 0 bridgehead atoms. The molecule has 0 radical (unpaired) electrons. The first kappa shape index (κ1) is 23.2. The predicted octanol–water partition coefficient (Wildman–Crippen LogP) is 3.12. The minimum absolute atomic E-state index is 0.0734. The summed E-state index contributed by atoms with van der Waals surface area (Å²) in [5.74, 6) is -4.41. The molecule has 0 unspecified atom stereocenters. The zero-order valence-corrected chi connectivity index (χ0v) is 18.4. The van der Waals surface area contributed by atoms with Gasteiger partial charge in [0.25, 0.3) is 5.92 Å². The number of nitriles is 1. The van der Waals surface area contributed by atoms with E-state index in [4.69, 9.17) is 5.26 Å². The summed E-state index contributed by atoms with van der Waals surface area (Å²) in [6, 6.07) is 7.16. The third-order valence-corrected chi connectivity index (χ3v) is 5.91. The predicted molar refractivity (Wildman–Crippen MR) is 117 cm³/mol. The van der Waals surface area contributed by atoms with Crippen LogP contribution in [0.2, 0.25) is 0 Å². The summed E-state index contributed by atoms with van der Waals surface area (Å²) in [5, 5.41) is 9.06. The molecule has 10 heteroatoms. The van der Waals surface area contributed by atoms with E-state index >= 15 is 0 Å². The molecule has 34 heavy (non-hydrogen) atoms. The number of amides is 1. The van der Waals surface area contributed by atoms with Gasteiger partial charge < -0.3 is 9.47 Å². The van der Waals surface area contributed by atoms with Gasteiger partial charge in [-0.2, -0.15) is 5.26 Å². The molecule has 2 aromatic heterocycles. The Morgan fingerprint density at radius 1 is 1.21 bits per heavy atom. The maximum absolute atomic E-state index is 13.6. The Morgan fingerprint density at radius 3 is 2.76 bits per heavy atom. The number of halogens is 2. The van der Waals surface area contributed by atoms with Crippen LogP contribution in [-0.2, 0) is 18.3 Å². The van der Waals surface area contributed by atoms with Crippen molar-refractivity contribution in [3.63, 3.8) is 0 Å². The summed E-state index contributed by atoms with van der Waals surface area (Å²) in [7, 11) is 1.85. The number of benzene rings is 1. The number of likely N-dealkylation sites (tertiary alicyclic amines) is 1. The molecule has 1 saturated heterocycles. The number of hydrogen-bond donors (Lipinski definition) is 0. The molecule has 1 aliphatic heterocycles. The lowest BCUT2D eigenvalue weighted by Crippen LogP contribution is -2.36. The minimum Gasteiger partial charge on any atom is -0.334 e. The van der Waals surface area contributed by atoms with E-state index in [1.165, 1.54) is 18.5 Å². The van der Waals surface area contributed by atoms with Crippen molar-refractivity contribution in [2.24, 2.45) is 7.05 Å². The molecule has 1 aromatic carbocycles. The van der Waals surface area contributed by atoms with Crippen molar-refractivity contribution >= 4 is 28.5 Å². The fraction of sp³-hybridized carbons (Fsp3) is 0.333. The Hall–Kier alpha value is -4.00. The van der Waals surface area contributed by atoms with Crippen LogP contribution in [0.15, 0.2) is 43.0 Å². The van der Waals surface area contributed by atoms with Gasteiger partial charge in [-0.25, -0.2) is 13.8 Å². The molecule has 1 fully saturated rings. The van der Waals surface area contributed by atoms with Crippen molar-refractivity contribution in [3.8, 4) is 6.07 Å². The van der Waals surface area contributed by atoms with Crippen LogP contribution >= 0.6 is 0 Å². The lowest BCUT2D eigenvalue weighted by atomic mass is 9.96. The van der Waals surface area contributed by atoms with Gasteiger partial charge in [-0.15, -0.1) is 0 Å². The smallest absolute Gasteiger partial charge is 0.268 e. The summed E-state index contributed by atoms with van der Waals surface area (Å²) >= 11 is 0. The Balaban J connectivity index is 1.44. The molecule has 174 valence electrons. The lowest BCUT2D eigenvalue weighted by molar-refractivity contribution is -0.132. The quantitative estimate of drug-likeness (QED) is 0.496. The number of carbonyl (C=O) groups is 3.